The highest BCUT2D eigenvalue weighted by molar-refractivity contribution is 5.94. The van der Waals surface area contributed by atoms with Gasteiger partial charge in [0.15, 0.2) is 0 Å². The minimum atomic E-state index is -0.794. The van der Waals surface area contributed by atoms with Crippen LogP contribution in [0.4, 0.5) is 4.79 Å². The number of hydrogen-bond acceptors (Lipinski definition) is 4. The number of nitrogens with one attached hydrogen (secondary N) is 2. The molecule has 2 aliphatic rings. The van der Waals surface area contributed by atoms with Crippen molar-refractivity contribution in [3.8, 4) is 0 Å². The van der Waals surface area contributed by atoms with E-state index in [-0.39, 0.29) is 12.5 Å². The zero-order valence-electron chi connectivity index (χ0n) is 9.24. The fraction of sp³-hybridized carbons (Fsp3) is 0.800. The third kappa shape index (κ3) is 3.18. The number of carbonyl (C=O) groups excluding carboxylic acids is 2. The number of imide groups is 1. The van der Waals surface area contributed by atoms with Gasteiger partial charge in [0.1, 0.15) is 0 Å². The van der Waals surface area contributed by atoms with Gasteiger partial charge in [-0.2, -0.15) is 0 Å². The SMILES string of the molecule is NC(=O)NC(=O)CNC1CCN(C2CC2)C1. The second-order valence-corrected chi connectivity index (χ2v) is 4.51. The Morgan fingerprint density at radius 3 is 2.69 bits per heavy atom. The molecule has 0 bridgehead atoms. The lowest BCUT2D eigenvalue weighted by Crippen LogP contribution is -2.44. The molecule has 2 rings (SSSR count). The number of rotatable bonds is 4. The van der Waals surface area contributed by atoms with Crippen LogP contribution in [0.15, 0.2) is 0 Å². The normalized spacial score (nSPS) is 25.6. The maximum atomic E-state index is 11.1. The number of likely N-dealkylation sites (tertiary alicyclic amines) is 1. The van der Waals surface area contributed by atoms with Gasteiger partial charge in [0.05, 0.1) is 6.54 Å². The van der Waals surface area contributed by atoms with Crippen LogP contribution < -0.4 is 16.4 Å². The Bertz CT molecular complexity index is 291. The molecule has 0 spiro atoms. The fourth-order valence-electron chi connectivity index (χ4n) is 2.14. The molecule has 1 aliphatic carbocycles. The molecule has 2 fully saturated rings. The van der Waals surface area contributed by atoms with Crippen LogP contribution in [-0.4, -0.2) is 48.6 Å². The zero-order valence-corrected chi connectivity index (χ0v) is 9.24. The molecule has 1 saturated carbocycles. The summed E-state index contributed by atoms with van der Waals surface area (Å²) in [5.41, 5.74) is 4.84. The van der Waals surface area contributed by atoms with Gasteiger partial charge in [0, 0.05) is 25.2 Å². The number of urea groups is 1. The maximum absolute atomic E-state index is 11.1. The van der Waals surface area contributed by atoms with Crippen molar-refractivity contribution in [3.63, 3.8) is 0 Å². The quantitative estimate of drug-likeness (QED) is 0.574. The maximum Gasteiger partial charge on any atom is 0.318 e. The Kier molecular flexibility index (Phi) is 3.40. The average molecular weight is 226 g/mol. The summed E-state index contributed by atoms with van der Waals surface area (Å²) in [5.74, 6) is -0.364. The Labute approximate surface area is 94.5 Å². The van der Waals surface area contributed by atoms with Crippen molar-refractivity contribution < 1.29 is 9.59 Å². The Morgan fingerprint density at radius 2 is 2.06 bits per heavy atom. The second kappa shape index (κ2) is 4.80. The van der Waals surface area contributed by atoms with E-state index >= 15 is 0 Å². The number of nitrogens with two attached hydrogens (primary N) is 1. The lowest BCUT2D eigenvalue weighted by molar-refractivity contribution is -0.119. The van der Waals surface area contributed by atoms with Gasteiger partial charge in [-0.1, -0.05) is 0 Å². The van der Waals surface area contributed by atoms with Crippen LogP contribution in [0.3, 0.4) is 0 Å². The largest absolute Gasteiger partial charge is 0.351 e. The summed E-state index contributed by atoms with van der Waals surface area (Å²) in [7, 11) is 0. The molecule has 4 N–H and O–H groups in total. The topological polar surface area (TPSA) is 87.5 Å². The number of amides is 3. The van der Waals surface area contributed by atoms with Crippen molar-refractivity contribution in [2.24, 2.45) is 5.73 Å². The molecule has 3 amide bonds. The first-order chi connectivity index (χ1) is 7.65. The van der Waals surface area contributed by atoms with E-state index in [1.54, 1.807) is 0 Å². The first kappa shape index (κ1) is 11.3. The van der Waals surface area contributed by atoms with Gasteiger partial charge in [-0.25, -0.2) is 4.79 Å². The summed E-state index contributed by atoms with van der Waals surface area (Å²) < 4.78 is 0. The van der Waals surface area contributed by atoms with Crippen molar-refractivity contribution in [1.29, 1.82) is 0 Å². The smallest absolute Gasteiger partial charge is 0.318 e. The monoisotopic (exact) mass is 226 g/mol. The third-order valence-corrected chi connectivity index (χ3v) is 3.10. The average Bonchev–Trinajstić information content (AvgIpc) is 2.94. The summed E-state index contributed by atoms with van der Waals surface area (Å²) in [6.07, 6.45) is 3.70. The highest BCUT2D eigenvalue weighted by atomic mass is 16.2. The lowest BCUT2D eigenvalue weighted by atomic mass is 10.2. The molecule has 1 atom stereocenters. The van der Waals surface area contributed by atoms with Crippen molar-refractivity contribution >= 4 is 11.9 Å². The number of primary amides is 1. The number of hydrogen-bond donors (Lipinski definition) is 3. The first-order valence-electron chi connectivity index (χ1n) is 5.72. The zero-order chi connectivity index (χ0) is 11.5. The molecule has 1 saturated heterocycles. The van der Waals surface area contributed by atoms with E-state index in [0.29, 0.717) is 6.04 Å². The summed E-state index contributed by atoms with van der Waals surface area (Å²) in [4.78, 5) is 24.0. The van der Waals surface area contributed by atoms with Crippen LogP contribution in [0.1, 0.15) is 19.3 Å². The van der Waals surface area contributed by atoms with Gasteiger partial charge in [0.2, 0.25) is 5.91 Å². The molecular formula is C10H18N4O2. The Morgan fingerprint density at radius 1 is 1.31 bits per heavy atom. The van der Waals surface area contributed by atoms with Gasteiger partial charge >= 0.3 is 6.03 Å². The molecule has 16 heavy (non-hydrogen) atoms. The molecule has 6 nitrogen and oxygen atoms in total. The highest BCUT2D eigenvalue weighted by Gasteiger charge is 2.34. The van der Waals surface area contributed by atoms with Crippen molar-refractivity contribution in [2.45, 2.75) is 31.3 Å². The van der Waals surface area contributed by atoms with E-state index < -0.39 is 6.03 Å². The molecule has 0 aromatic carbocycles. The molecule has 0 aromatic rings. The van der Waals surface area contributed by atoms with Crippen molar-refractivity contribution in [3.05, 3.63) is 0 Å². The molecular weight excluding hydrogens is 208 g/mol. The first-order valence-corrected chi connectivity index (χ1v) is 5.72. The molecule has 1 heterocycles. The van der Waals surface area contributed by atoms with Gasteiger partial charge in [-0.15, -0.1) is 0 Å². The van der Waals surface area contributed by atoms with E-state index in [1.807, 2.05) is 5.32 Å². The van der Waals surface area contributed by atoms with Gasteiger partial charge in [-0.3, -0.25) is 15.0 Å². The van der Waals surface area contributed by atoms with E-state index in [2.05, 4.69) is 10.2 Å². The predicted octanol–water partition coefficient (Wildman–Crippen LogP) is -0.992. The minimum Gasteiger partial charge on any atom is -0.351 e. The molecule has 90 valence electrons. The molecule has 0 aromatic heterocycles. The fourth-order valence-corrected chi connectivity index (χ4v) is 2.14. The van der Waals surface area contributed by atoms with Crippen molar-refractivity contribution in [1.82, 2.24) is 15.5 Å². The Balaban J connectivity index is 1.63. The summed E-state index contributed by atoms with van der Waals surface area (Å²) in [6, 6.07) is 0.350. The van der Waals surface area contributed by atoms with E-state index in [4.69, 9.17) is 5.73 Å². The Hall–Kier alpha value is -1.14. The number of nitrogens with zero attached hydrogens (tertiary/aromatic N) is 1. The van der Waals surface area contributed by atoms with Crippen molar-refractivity contribution in [2.75, 3.05) is 19.6 Å². The summed E-state index contributed by atoms with van der Waals surface area (Å²) in [6.45, 7) is 2.28. The van der Waals surface area contributed by atoms with E-state index in [0.717, 1.165) is 25.6 Å². The van der Waals surface area contributed by atoms with Gasteiger partial charge < -0.3 is 11.1 Å². The molecule has 0 radical (unpaired) electrons. The molecule has 6 heteroatoms. The van der Waals surface area contributed by atoms with Crippen LogP contribution in [0, 0.1) is 0 Å². The minimum absolute atomic E-state index is 0.159. The lowest BCUT2D eigenvalue weighted by Gasteiger charge is -2.15. The van der Waals surface area contributed by atoms with Crippen LogP contribution in [-0.2, 0) is 4.79 Å². The van der Waals surface area contributed by atoms with Crippen LogP contribution in [0.5, 0.6) is 0 Å². The second-order valence-electron chi connectivity index (χ2n) is 4.51. The summed E-state index contributed by atoms with van der Waals surface area (Å²) >= 11 is 0. The molecule has 1 aliphatic heterocycles. The van der Waals surface area contributed by atoms with Crippen LogP contribution in [0.2, 0.25) is 0 Å². The third-order valence-electron chi connectivity index (χ3n) is 3.10. The van der Waals surface area contributed by atoms with E-state index in [1.165, 1.54) is 12.8 Å². The summed E-state index contributed by atoms with van der Waals surface area (Å²) in [5, 5.41) is 5.17. The number of carbonyl (C=O) groups is 2. The van der Waals surface area contributed by atoms with E-state index in [9.17, 15) is 9.59 Å². The highest BCUT2D eigenvalue weighted by Crippen LogP contribution is 2.29. The molecule has 1 unspecified atom stereocenters. The van der Waals surface area contributed by atoms with Crippen LogP contribution in [0.25, 0.3) is 0 Å². The van der Waals surface area contributed by atoms with Gasteiger partial charge in [-0.05, 0) is 19.3 Å². The van der Waals surface area contributed by atoms with Gasteiger partial charge in [0.25, 0.3) is 0 Å². The predicted molar refractivity (Wildman–Crippen MR) is 58.7 cm³/mol. The van der Waals surface area contributed by atoms with Crippen LogP contribution >= 0.6 is 0 Å². The standard InChI is InChI=1S/C10H18N4O2/c11-10(16)13-9(15)5-12-7-3-4-14(6-7)8-1-2-8/h7-8,12H,1-6H2,(H3,11,13,15,16).